The molecule has 3 heteroatoms. The number of para-hydroxylation sites is 1. The molecular formula is C78H152N2O. The summed E-state index contributed by atoms with van der Waals surface area (Å²) in [5, 5.41) is 11.9. The Kier molecular flexibility index (Phi) is 63.4. The maximum absolute atomic E-state index is 11.9. The van der Waals surface area contributed by atoms with Crippen LogP contribution in [0.15, 0.2) is 18.2 Å². The normalized spacial score (nSPS) is 11.7. The molecular weight excluding hydrogens is 981 g/mol. The monoisotopic (exact) mass is 1130 g/mol. The Balaban J connectivity index is 2.83. The predicted molar refractivity (Wildman–Crippen MR) is 371 cm³/mol. The number of phenolic OH excluding ortho intramolecular Hbond substituents is 1. The van der Waals surface area contributed by atoms with E-state index in [2.05, 4.69) is 49.6 Å². The topological polar surface area (TPSA) is 26.7 Å². The molecule has 0 atom stereocenters. The van der Waals surface area contributed by atoms with Gasteiger partial charge in [0.1, 0.15) is 11.4 Å². The Bertz CT molecular complexity index is 1240. The first kappa shape index (κ1) is 77.6. The lowest BCUT2D eigenvalue weighted by Gasteiger charge is -2.33. The lowest BCUT2D eigenvalue weighted by Crippen LogP contribution is -2.31. The molecule has 0 saturated carbocycles. The largest absolute Gasteiger partial charge is 0.506 e. The van der Waals surface area contributed by atoms with Crippen molar-refractivity contribution in [1.29, 1.82) is 0 Å². The first-order valence-electron chi connectivity index (χ1n) is 38.5. The average molecular weight is 1130 g/mol. The highest BCUT2D eigenvalue weighted by Gasteiger charge is 2.20. The Morgan fingerprint density at radius 1 is 0.210 bits per heavy atom. The van der Waals surface area contributed by atoms with Gasteiger partial charge >= 0.3 is 0 Å². The van der Waals surface area contributed by atoms with Crippen LogP contribution in [0.25, 0.3) is 0 Å². The van der Waals surface area contributed by atoms with Crippen LogP contribution < -0.4 is 9.80 Å². The van der Waals surface area contributed by atoms with Gasteiger partial charge in [0.25, 0.3) is 0 Å². The lowest BCUT2D eigenvalue weighted by atomic mass is 10.0. The van der Waals surface area contributed by atoms with Crippen LogP contribution in [0.5, 0.6) is 5.75 Å². The van der Waals surface area contributed by atoms with Crippen molar-refractivity contribution >= 4 is 11.4 Å². The van der Waals surface area contributed by atoms with E-state index in [0.717, 1.165) is 31.9 Å². The van der Waals surface area contributed by atoms with Gasteiger partial charge in [0.05, 0.1) is 5.69 Å². The summed E-state index contributed by atoms with van der Waals surface area (Å²) in [4.78, 5) is 5.42. The Morgan fingerprint density at radius 2 is 0.370 bits per heavy atom. The summed E-state index contributed by atoms with van der Waals surface area (Å²) in [5.41, 5.74) is 2.48. The lowest BCUT2D eigenvalue weighted by molar-refractivity contribution is 0.471. The van der Waals surface area contributed by atoms with Gasteiger partial charge in [0, 0.05) is 26.2 Å². The number of nitrogens with zero attached hydrogens (tertiary/aromatic N) is 2. The summed E-state index contributed by atoms with van der Waals surface area (Å²) in [5.74, 6) is 0.518. The molecule has 0 aliphatic rings. The van der Waals surface area contributed by atoms with Crippen LogP contribution in [0.2, 0.25) is 0 Å². The Morgan fingerprint density at radius 3 is 0.556 bits per heavy atom. The van der Waals surface area contributed by atoms with Crippen molar-refractivity contribution in [2.45, 2.75) is 439 Å². The van der Waals surface area contributed by atoms with E-state index in [1.54, 1.807) is 0 Å². The molecule has 1 aromatic carbocycles. The minimum atomic E-state index is 0.518. The molecule has 3 nitrogen and oxygen atoms in total. The standard InChI is InChI=1S/C78H152N2O/c1-5-9-13-17-21-25-29-33-37-41-45-49-53-57-61-65-72-79(73-66-62-58-54-50-46-42-38-34-30-26-22-18-14-10-6-2)76-70-69-71-77(81)78(76)80(74-67-63-59-55-51-47-43-39-35-31-27-23-19-15-11-7-3)75-68-64-60-56-52-48-44-40-36-32-28-24-20-16-12-8-4/h69-71,81H,5-68,72-75H2,1-4H3. The van der Waals surface area contributed by atoms with E-state index in [0.29, 0.717) is 5.75 Å². The fourth-order valence-corrected chi connectivity index (χ4v) is 13.2. The van der Waals surface area contributed by atoms with Crippen molar-refractivity contribution < 1.29 is 5.11 Å². The molecule has 1 rings (SSSR count). The predicted octanol–water partition coefficient (Wildman–Crippen LogP) is 28.1. The zero-order valence-corrected chi connectivity index (χ0v) is 56.7. The van der Waals surface area contributed by atoms with E-state index in [-0.39, 0.29) is 0 Å². The zero-order valence-electron chi connectivity index (χ0n) is 56.7. The molecule has 1 N–H and O–H groups in total. The minimum Gasteiger partial charge on any atom is -0.506 e. The van der Waals surface area contributed by atoms with Crippen molar-refractivity contribution in [3.8, 4) is 5.75 Å². The first-order chi connectivity index (χ1) is 40.2. The van der Waals surface area contributed by atoms with Gasteiger partial charge in [0.15, 0.2) is 0 Å². The second-order valence-corrected chi connectivity index (χ2v) is 26.8. The van der Waals surface area contributed by atoms with Crippen molar-refractivity contribution in [2.75, 3.05) is 36.0 Å². The molecule has 0 saturated heterocycles. The Hall–Kier alpha value is -1.38. The molecule has 0 aromatic heterocycles. The van der Waals surface area contributed by atoms with Gasteiger partial charge in [0.2, 0.25) is 0 Å². The zero-order chi connectivity index (χ0) is 58.1. The number of phenols is 1. The molecule has 0 radical (unpaired) electrons. The Labute approximate surface area is 512 Å². The summed E-state index contributed by atoms with van der Waals surface area (Å²) in [6.45, 7) is 13.7. The highest BCUT2D eigenvalue weighted by Crippen LogP contribution is 2.39. The van der Waals surface area contributed by atoms with E-state index in [1.807, 2.05) is 6.07 Å². The second kappa shape index (κ2) is 66.2. The van der Waals surface area contributed by atoms with Crippen LogP contribution in [0.3, 0.4) is 0 Å². The highest BCUT2D eigenvalue weighted by molar-refractivity contribution is 5.77. The van der Waals surface area contributed by atoms with E-state index < -0.39 is 0 Å². The number of hydrogen-bond donors (Lipinski definition) is 1. The summed E-state index contributed by atoms with van der Waals surface area (Å²) in [7, 11) is 0. The maximum atomic E-state index is 11.9. The molecule has 1 aromatic rings. The van der Waals surface area contributed by atoms with Gasteiger partial charge in [-0.2, -0.15) is 0 Å². The van der Waals surface area contributed by atoms with Gasteiger partial charge < -0.3 is 14.9 Å². The van der Waals surface area contributed by atoms with E-state index in [1.165, 1.54) is 417 Å². The number of aromatic hydroxyl groups is 1. The van der Waals surface area contributed by atoms with Crippen molar-refractivity contribution in [3.63, 3.8) is 0 Å². The molecule has 0 unspecified atom stereocenters. The summed E-state index contributed by atoms with van der Waals surface area (Å²) >= 11 is 0. The van der Waals surface area contributed by atoms with Crippen LogP contribution in [0.1, 0.15) is 439 Å². The van der Waals surface area contributed by atoms with Crippen LogP contribution >= 0.6 is 0 Å². The number of hydrogen-bond acceptors (Lipinski definition) is 3. The third-order valence-electron chi connectivity index (χ3n) is 18.8. The second-order valence-electron chi connectivity index (χ2n) is 26.8. The van der Waals surface area contributed by atoms with Gasteiger partial charge in [-0.05, 0) is 37.8 Å². The summed E-state index contributed by atoms with van der Waals surface area (Å²) in [6.07, 6.45) is 90.4. The summed E-state index contributed by atoms with van der Waals surface area (Å²) in [6, 6.07) is 6.56. The van der Waals surface area contributed by atoms with Gasteiger partial charge in [-0.3, -0.25) is 0 Å². The van der Waals surface area contributed by atoms with E-state index in [9.17, 15) is 5.11 Å². The fraction of sp³-hybridized carbons (Fsp3) is 0.923. The number of benzene rings is 1. The van der Waals surface area contributed by atoms with Crippen molar-refractivity contribution in [1.82, 2.24) is 0 Å². The van der Waals surface area contributed by atoms with Gasteiger partial charge in [-0.25, -0.2) is 0 Å². The van der Waals surface area contributed by atoms with Gasteiger partial charge in [-0.15, -0.1) is 0 Å². The van der Waals surface area contributed by atoms with Crippen LogP contribution in [0.4, 0.5) is 11.4 Å². The molecule has 0 amide bonds. The quantitative estimate of drug-likeness (QED) is 0.0659. The van der Waals surface area contributed by atoms with Gasteiger partial charge in [-0.1, -0.05) is 419 Å². The van der Waals surface area contributed by atoms with Crippen molar-refractivity contribution in [3.05, 3.63) is 18.2 Å². The molecule has 0 fully saturated rings. The van der Waals surface area contributed by atoms with E-state index >= 15 is 0 Å². The highest BCUT2D eigenvalue weighted by atomic mass is 16.3. The average Bonchev–Trinajstić information content (AvgIpc) is 3.48. The maximum Gasteiger partial charge on any atom is 0.141 e. The third kappa shape index (κ3) is 53.8. The molecule has 0 spiro atoms. The van der Waals surface area contributed by atoms with Crippen molar-refractivity contribution in [2.24, 2.45) is 0 Å². The smallest absolute Gasteiger partial charge is 0.141 e. The number of unbranched alkanes of at least 4 members (excludes halogenated alkanes) is 60. The van der Waals surface area contributed by atoms with Crippen LogP contribution in [-0.2, 0) is 0 Å². The first-order valence-corrected chi connectivity index (χ1v) is 38.5. The molecule has 0 bridgehead atoms. The molecule has 0 aliphatic carbocycles. The SMILES string of the molecule is CCCCCCCCCCCCCCCCCCN(CCCCCCCCCCCCCCCCCC)c1cccc(O)c1N(CCCCCCCCCCCCCCCCCC)CCCCCCCCCCCCCCCCCC. The third-order valence-corrected chi connectivity index (χ3v) is 18.8. The minimum absolute atomic E-state index is 0.518. The molecule has 0 aliphatic heterocycles. The summed E-state index contributed by atoms with van der Waals surface area (Å²) < 4.78 is 0. The van der Waals surface area contributed by atoms with Crippen LogP contribution in [0, 0.1) is 0 Å². The number of rotatable bonds is 70. The van der Waals surface area contributed by atoms with Crippen LogP contribution in [-0.4, -0.2) is 31.3 Å². The molecule has 480 valence electrons. The molecule has 81 heavy (non-hydrogen) atoms. The molecule has 0 heterocycles. The fourth-order valence-electron chi connectivity index (χ4n) is 13.2. The number of anilines is 2. The van der Waals surface area contributed by atoms with E-state index in [4.69, 9.17) is 0 Å².